The topological polar surface area (TPSA) is 87.1 Å². The zero-order valence-electron chi connectivity index (χ0n) is 13.3. The van der Waals surface area contributed by atoms with Crippen molar-refractivity contribution in [3.63, 3.8) is 0 Å². The average molecular weight is 321 g/mol. The van der Waals surface area contributed by atoms with E-state index in [4.69, 9.17) is 4.74 Å². The van der Waals surface area contributed by atoms with Gasteiger partial charge in [-0.15, -0.1) is 0 Å². The van der Waals surface area contributed by atoms with Gasteiger partial charge in [-0.3, -0.25) is 4.79 Å². The van der Waals surface area contributed by atoms with E-state index < -0.39 is 5.97 Å². The largest absolute Gasteiger partial charge is 0.508 e. The molecule has 1 amide bonds. The third-order valence-electron chi connectivity index (χ3n) is 4.20. The van der Waals surface area contributed by atoms with Gasteiger partial charge in [-0.1, -0.05) is 19.3 Å². The van der Waals surface area contributed by atoms with Crippen LogP contribution in [-0.4, -0.2) is 46.2 Å². The van der Waals surface area contributed by atoms with E-state index in [2.05, 4.69) is 0 Å². The van der Waals surface area contributed by atoms with Crippen LogP contribution in [0.1, 0.15) is 49.4 Å². The first-order valence-corrected chi connectivity index (χ1v) is 8.01. The van der Waals surface area contributed by atoms with Crippen molar-refractivity contribution in [1.82, 2.24) is 4.90 Å². The van der Waals surface area contributed by atoms with Gasteiger partial charge < -0.3 is 19.8 Å². The van der Waals surface area contributed by atoms with Crippen LogP contribution in [0.5, 0.6) is 11.5 Å². The minimum Gasteiger partial charge on any atom is -0.508 e. The summed E-state index contributed by atoms with van der Waals surface area (Å²) >= 11 is 0. The molecule has 23 heavy (non-hydrogen) atoms. The van der Waals surface area contributed by atoms with E-state index in [1.165, 1.54) is 18.6 Å². The molecule has 1 aromatic carbocycles. The summed E-state index contributed by atoms with van der Waals surface area (Å²) in [6.45, 7) is 2.16. The van der Waals surface area contributed by atoms with E-state index >= 15 is 0 Å². The van der Waals surface area contributed by atoms with Crippen LogP contribution in [0.3, 0.4) is 0 Å². The maximum Gasteiger partial charge on any atom is 0.342 e. The molecule has 0 saturated heterocycles. The summed E-state index contributed by atoms with van der Waals surface area (Å²) in [4.78, 5) is 26.0. The number of esters is 1. The maximum atomic E-state index is 12.3. The highest BCUT2D eigenvalue weighted by atomic mass is 16.5. The van der Waals surface area contributed by atoms with Gasteiger partial charge in [-0.25, -0.2) is 4.79 Å². The number of aromatic hydroxyl groups is 2. The lowest BCUT2D eigenvalue weighted by molar-refractivity contribution is -0.137. The molecule has 0 heterocycles. The molecular formula is C17H23NO5. The number of benzene rings is 1. The molecule has 6 heteroatoms. The first-order chi connectivity index (χ1) is 11.0. The number of nitrogens with zero attached hydrogens (tertiary/aromatic N) is 1. The lowest BCUT2D eigenvalue weighted by atomic mass is 9.94. The Hall–Kier alpha value is -2.24. The van der Waals surface area contributed by atoms with E-state index in [9.17, 15) is 19.8 Å². The minimum absolute atomic E-state index is 0.0729. The molecule has 1 fully saturated rings. The Morgan fingerprint density at radius 1 is 1.22 bits per heavy atom. The zero-order valence-corrected chi connectivity index (χ0v) is 13.3. The number of carbonyl (C=O) groups excluding carboxylic acids is 2. The van der Waals surface area contributed by atoms with Crippen LogP contribution in [-0.2, 0) is 9.53 Å². The van der Waals surface area contributed by atoms with E-state index in [1.807, 2.05) is 6.92 Å². The van der Waals surface area contributed by atoms with Crippen molar-refractivity contribution in [2.45, 2.75) is 45.1 Å². The summed E-state index contributed by atoms with van der Waals surface area (Å²) in [5.41, 5.74) is -0.0729. The summed E-state index contributed by atoms with van der Waals surface area (Å²) in [6.07, 6.45) is 5.43. The van der Waals surface area contributed by atoms with Crippen LogP contribution in [0.2, 0.25) is 0 Å². The smallest absolute Gasteiger partial charge is 0.342 e. The number of carbonyl (C=O) groups is 2. The molecule has 0 aromatic heterocycles. The van der Waals surface area contributed by atoms with Crippen LogP contribution >= 0.6 is 0 Å². The first kappa shape index (κ1) is 17.1. The van der Waals surface area contributed by atoms with Gasteiger partial charge in [0.05, 0.1) is 0 Å². The molecule has 0 unspecified atom stereocenters. The Bertz CT molecular complexity index is 566. The van der Waals surface area contributed by atoms with Crippen LogP contribution in [0, 0.1) is 0 Å². The maximum absolute atomic E-state index is 12.3. The number of hydrogen-bond acceptors (Lipinski definition) is 5. The number of hydrogen-bond donors (Lipinski definition) is 2. The molecule has 0 radical (unpaired) electrons. The van der Waals surface area contributed by atoms with Crippen molar-refractivity contribution in [1.29, 1.82) is 0 Å². The van der Waals surface area contributed by atoms with Crippen molar-refractivity contribution < 1.29 is 24.5 Å². The second-order valence-corrected chi connectivity index (χ2v) is 5.75. The molecule has 0 bridgehead atoms. The molecular weight excluding hydrogens is 298 g/mol. The predicted octanol–water partition coefficient (Wildman–Crippen LogP) is 2.44. The van der Waals surface area contributed by atoms with Gasteiger partial charge in [0.15, 0.2) is 6.61 Å². The summed E-state index contributed by atoms with van der Waals surface area (Å²) in [6, 6.07) is 3.81. The molecule has 0 spiro atoms. The number of amides is 1. The van der Waals surface area contributed by atoms with E-state index in [0.29, 0.717) is 6.54 Å². The SMILES string of the molecule is CCN(C(=O)COC(=O)c1ccc(O)cc1O)C1CCCCC1. The minimum atomic E-state index is -0.782. The van der Waals surface area contributed by atoms with Crippen LogP contribution in [0.25, 0.3) is 0 Å². The Balaban J connectivity index is 1.92. The fourth-order valence-electron chi connectivity index (χ4n) is 3.01. The molecule has 126 valence electrons. The van der Waals surface area contributed by atoms with Crippen LogP contribution in [0.15, 0.2) is 18.2 Å². The Labute approximate surface area is 135 Å². The first-order valence-electron chi connectivity index (χ1n) is 8.01. The molecule has 0 aliphatic heterocycles. The Kier molecular flexibility index (Phi) is 5.84. The van der Waals surface area contributed by atoms with Crippen LogP contribution in [0.4, 0.5) is 0 Å². The van der Waals surface area contributed by atoms with Crippen molar-refractivity contribution in [2.24, 2.45) is 0 Å². The van der Waals surface area contributed by atoms with Gasteiger partial charge >= 0.3 is 5.97 Å². The van der Waals surface area contributed by atoms with E-state index in [1.54, 1.807) is 4.90 Å². The number of phenols is 2. The highest BCUT2D eigenvalue weighted by Gasteiger charge is 2.25. The highest BCUT2D eigenvalue weighted by Crippen LogP contribution is 2.24. The van der Waals surface area contributed by atoms with Crippen molar-refractivity contribution in [3.05, 3.63) is 23.8 Å². The Morgan fingerprint density at radius 2 is 1.91 bits per heavy atom. The average Bonchev–Trinajstić information content (AvgIpc) is 2.54. The lowest BCUT2D eigenvalue weighted by Gasteiger charge is -2.33. The third kappa shape index (κ3) is 4.37. The molecule has 2 N–H and O–H groups in total. The second-order valence-electron chi connectivity index (χ2n) is 5.75. The fraction of sp³-hybridized carbons (Fsp3) is 0.529. The lowest BCUT2D eigenvalue weighted by Crippen LogP contribution is -2.43. The summed E-state index contributed by atoms with van der Waals surface area (Å²) in [7, 11) is 0. The van der Waals surface area contributed by atoms with Gasteiger partial charge in [0, 0.05) is 18.7 Å². The molecule has 1 aromatic rings. The van der Waals surface area contributed by atoms with Gasteiger partial charge in [0.1, 0.15) is 17.1 Å². The normalized spacial score (nSPS) is 15.2. The molecule has 0 atom stereocenters. The molecule has 1 saturated carbocycles. The summed E-state index contributed by atoms with van der Waals surface area (Å²) < 4.78 is 5.01. The standard InChI is InChI=1S/C17H23NO5/c1-2-18(12-6-4-3-5-7-12)16(21)11-23-17(22)14-9-8-13(19)10-15(14)20/h8-10,12,19-20H,2-7,11H2,1H3. The van der Waals surface area contributed by atoms with Gasteiger partial charge in [0.2, 0.25) is 0 Å². The van der Waals surface area contributed by atoms with Gasteiger partial charge in [-0.2, -0.15) is 0 Å². The molecule has 1 aliphatic rings. The predicted molar refractivity (Wildman–Crippen MR) is 84.3 cm³/mol. The van der Waals surface area contributed by atoms with E-state index in [0.717, 1.165) is 31.7 Å². The van der Waals surface area contributed by atoms with Crippen molar-refractivity contribution in [3.8, 4) is 11.5 Å². The quantitative estimate of drug-likeness (QED) is 0.813. The van der Waals surface area contributed by atoms with E-state index in [-0.39, 0.29) is 35.6 Å². The molecule has 2 rings (SSSR count). The van der Waals surface area contributed by atoms with Gasteiger partial charge in [0.25, 0.3) is 5.91 Å². The number of phenolic OH excluding ortho intramolecular Hbond substituents is 2. The summed E-state index contributed by atoms with van der Waals surface area (Å²) in [5, 5.41) is 18.8. The van der Waals surface area contributed by atoms with Gasteiger partial charge in [-0.05, 0) is 31.9 Å². The highest BCUT2D eigenvalue weighted by molar-refractivity contribution is 5.94. The summed E-state index contributed by atoms with van der Waals surface area (Å²) in [5.74, 6) is -1.52. The molecule has 6 nitrogen and oxygen atoms in total. The second kappa shape index (κ2) is 7.85. The fourth-order valence-corrected chi connectivity index (χ4v) is 3.01. The number of ether oxygens (including phenoxy) is 1. The molecule has 1 aliphatic carbocycles. The third-order valence-corrected chi connectivity index (χ3v) is 4.20. The number of rotatable bonds is 5. The Morgan fingerprint density at radius 3 is 2.52 bits per heavy atom. The van der Waals surface area contributed by atoms with Crippen molar-refractivity contribution >= 4 is 11.9 Å². The monoisotopic (exact) mass is 321 g/mol. The van der Waals surface area contributed by atoms with Crippen LogP contribution < -0.4 is 0 Å². The van der Waals surface area contributed by atoms with Crippen molar-refractivity contribution in [2.75, 3.05) is 13.2 Å². The number of likely N-dealkylation sites (N-methyl/N-ethyl adjacent to an activating group) is 1. The zero-order chi connectivity index (χ0) is 16.8.